The highest BCUT2D eigenvalue weighted by Gasteiger charge is 2.40. The fourth-order valence-electron chi connectivity index (χ4n) is 2.80. The Morgan fingerprint density at radius 1 is 1.36 bits per heavy atom. The maximum absolute atomic E-state index is 11.9. The smallest absolute Gasteiger partial charge is 0.149 e. The zero-order valence-corrected chi connectivity index (χ0v) is 9.92. The van der Waals surface area contributed by atoms with Gasteiger partial charge in [0.15, 0.2) is 0 Å². The number of Topliss-reactive ketones (excluding diaryl/α,β-unsaturated/α-hetero) is 1. The molecule has 0 aromatic rings. The van der Waals surface area contributed by atoms with E-state index < -0.39 is 0 Å². The third kappa shape index (κ3) is 2.00. The van der Waals surface area contributed by atoms with Crippen LogP contribution in [0.15, 0.2) is 0 Å². The number of hydrogen-bond acceptors (Lipinski definition) is 2. The SMILES string of the molecule is CCC(=O)C1C(CC)C(C)CN1CC. The van der Waals surface area contributed by atoms with Gasteiger partial charge in [0.1, 0.15) is 5.78 Å². The Morgan fingerprint density at radius 3 is 2.43 bits per heavy atom. The predicted octanol–water partition coefficient (Wildman–Crippen LogP) is 2.33. The number of ketones is 1. The van der Waals surface area contributed by atoms with Crippen molar-refractivity contribution in [3.8, 4) is 0 Å². The summed E-state index contributed by atoms with van der Waals surface area (Å²) in [5.74, 6) is 1.70. The highest BCUT2D eigenvalue weighted by Crippen LogP contribution is 2.32. The minimum absolute atomic E-state index is 0.213. The molecule has 1 saturated heterocycles. The van der Waals surface area contributed by atoms with Crippen LogP contribution in [0, 0.1) is 11.8 Å². The Balaban J connectivity index is 2.78. The molecule has 1 heterocycles. The second kappa shape index (κ2) is 4.92. The van der Waals surface area contributed by atoms with Crippen molar-refractivity contribution in [2.45, 2.75) is 46.6 Å². The van der Waals surface area contributed by atoms with Crippen LogP contribution in [0.5, 0.6) is 0 Å². The molecule has 1 aliphatic heterocycles. The number of carbonyl (C=O) groups is 1. The summed E-state index contributed by atoms with van der Waals surface area (Å²) in [4.78, 5) is 14.2. The fraction of sp³-hybridized carbons (Fsp3) is 0.917. The van der Waals surface area contributed by atoms with Crippen LogP contribution in [0.3, 0.4) is 0 Å². The van der Waals surface area contributed by atoms with Crippen LogP contribution < -0.4 is 0 Å². The molecule has 0 N–H and O–H groups in total. The molecule has 1 aliphatic rings. The molecule has 0 saturated carbocycles. The van der Waals surface area contributed by atoms with Gasteiger partial charge in [-0.15, -0.1) is 0 Å². The monoisotopic (exact) mass is 197 g/mol. The second-order valence-corrected chi connectivity index (χ2v) is 4.40. The summed E-state index contributed by atoms with van der Waals surface area (Å²) >= 11 is 0. The van der Waals surface area contributed by atoms with Crippen LogP contribution in [0.25, 0.3) is 0 Å². The van der Waals surface area contributed by atoms with Gasteiger partial charge in [0.25, 0.3) is 0 Å². The van der Waals surface area contributed by atoms with E-state index in [0.717, 1.165) is 19.5 Å². The van der Waals surface area contributed by atoms with E-state index in [1.165, 1.54) is 0 Å². The van der Waals surface area contributed by atoms with Crippen LogP contribution in [0.4, 0.5) is 0 Å². The first-order chi connectivity index (χ1) is 6.65. The molecule has 0 spiro atoms. The van der Waals surface area contributed by atoms with Crippen molar-refractivity contribution < 1.29 is 4.79 Å². The first-order valence-corrected chi connectivity index (χ1v) is 5.92. The van der Waals surface area contributed by atoms with Gasteiger partial charge in [0, 0.05) is 13.0 Å². The van der Waals surface area contributed by atoms with E-state index in [4.69, 9.17) is 0 Å². The van der Waals surface area contributed by atoms with Crippen molar-refractivity contribution in [1.82, 2.24) is 4.90 Å². The van der Waals surface area contributed by atoms with E-state index in [9.17, 15) is 4.79 Å². The first kappa shape index (κ1) is 11.7. The summed E-state index contributed by atoms with van der Waals surface area (Å²) in [7, 11) is 0. The fourth-order valence-corrected chi connectivity index (χ4v) is 2.80. The van der Waals surface area contributed by atoms with Crippen molar-refractivity contribution in [2.24, 2.45) is 11.8 Å². The van der Waals surface area contributed by atoms with Crippen molar-refractivity contribution >= 4 is 5.78 Å². The lowest BCUT2D eigenvalue weighted by Crippen LogP contribution is -2.39. The minimum atomic E-state index is 0.213. The first-order valence-electron chi connectivity index (χ1n) is 5.92. The third-order valence-corrected chi connectivity index (χ3v) is 3.61. The number of rotatable bonds is 4. The number of nitrogens with zero attached hydrogens (tertiary/aromatic N) is 1. The van der Waals surface area contributed by atoms with Gasteiger partial charge in [-0.05, 0) is 18.4 Å². The zero-order valence-electron chi connectivity index (χ0n) is 9.92. The summed E-state index contributed by atoms with van der Waals surface area (Å²) < 4.78 is 0. The Kier molecular flexibility index (Phi) is 4.11. The number of likely N-dealkylation sites (N-methyl/N-ethyl adjacent to an activating group) is 1. The average molecular weight is 197 g/mol. The summed E-state index contributed by atoms with van der Waals surface area (Å²) in [6.45, 7) is 10.7. The van der Waals surface area contributed by atoms with E-state index >= 15 is 0 Å². The second-order valence-electron chi connectivity index (χ2n) is 4.40. The molecule has 0 aromatic heterocycles. The molecule has 2 heteroatoms. The van der Waals surface area contributed by atoms with Gasteiger partial charge in [0.05, 0.1) is 6.04 Å². The van der Waals surface area contributed by atoms with Gasteiger partial charge in [-0.2, -0.15) is 0 Å². The van der Waals surface area contributed by atoms with Crippen LogP contribution in [0.1, 0.15) is 40.5 Å². The van der Waals surface area contributed by atoms with Gasteiger partial charge in [-0.1, -0.05) is 34.1 Å². The highest BCUT2D eigenvalue weighted by molar-refractivity contribution is 5.84. The molecular weight excluding hydrogens is 174 g/mol. The topological polar surface area (TPSA) is 20.3 Å². The van der Waals surface area contributed by atoms with Crippen LogP contribution >= 0.6 is 0 Å². The van der Waals surface area contributed by atoms with Gasteiger partial charge >= 0.3 is 0 Å². The lowest BCUT2D eigenvalue weighted by atomic mass is 9.87. The van der Waals surface area contributed by atoms with Crippen LogP contribution in [-0.2, 0) is 4.79 Å². The van der Waals surface area contributed by atoms with E-state index in [1.807, 2.05) is 6.92 Å². The quantitative estimate of drug-likeness (QED) is 0.689. The van der Waals surface area contributed by atoms with E-state index in [2.05, 4.69) is 25.7 Å². The van der Waals surface area contributed by atoms with Crippen molar-refractivity contribution in [2.75, 3.05) is 13.1 Å². The molecule has 14 heavy (non-hydrogen) atoms. The standard InChI is InChI=1S/C12H23NO/c1-5-10-9(4)8-13(7-3)12(10)11(14)6-2/h9-10,12H,5-8H2,1-4H3. The number of carbonyl (C=O) groups excluding carboxylic acids is 1. The maximum Gasteiger partial charge on any atom is 0.149 e. The van der Waals surface area contributed by atoms with Crippen LogP contribution in [-0.4, -0.2) is 29.8 Å². The molecule has 1 rings (SSSR count). The third-order valence-electron chi connectivity index (χ3n) is 3.61. The van der Waals surface area contributed by atoms with E-state index in [1.54, 1.807) is 0 Å². The molecule has 0 bridgehead atoms. The number of hydrogen-bond donors (Lipinski definition) is 0. The Hall–Kier alpha value is -0.370. The maximum atomic E-state index is 11.9. The predicted molar refractivity (Wildman–Crippen MR) is 59.3 cm³/mol. The Morgan fingerprint density at radius 2 is 2.00 bits per heavy atom. The molecule has 3 unspecified atom stereocenters. The van der Waals surface area contributed by atoms with Gasteiger partial charge in [-0.3, -0.25) is 9.69 Å². The van der Waals surface area contributed by atoms with Gasteiger partial charge in [0.2, 0.25) is 0 Å². The highest BCUT2D eigenvalue weighted by atomic mass is 16.1. The van der Waals surface area contributed by atoms with Crippen molar-refractivity contribution in [3.63, 3.8) is 0 Å². The van der Waals surface area contributed by atoms with E-state index in [-0.39, 0.29) is 6.04 Å². The van der Waals surface area contributed by atoms with Crippen molar-refractivity contribution in [3.05, 3.63) is 0 Å². The Bertz CT molecular complexity index is 202. The van der Waals surface area contributed by atoms with Crippen LogP contribution in [0.2, 0.25) is 0 Å². The molecule has 2 nitrogen and oxygen atoms in total. The van der Waals surface area contributed by atoms with Gasteiger partial charge < -0.3 is 0 Å². The van der Waals surface area contributed by atoms with E-state index in [0.29, 0.717) is 24.0 Å². The lowest BCUT2D eigenvalue weighted by molar-refractivity contribution is -0.124. The molecule has 0 amide bonds. The summed E-state index contributed by atoms with van der Waals surface area (Å²) in [6, 6.07) is 0.213. The molecule has 3 atom stereocenters. The largest absolute Gasteiger partial charge is 0.298 e. The average Bonchev–Trinajstić information content (AvgIpc) is 2.53. The molecule has 0 aromatic carbocycles. The Labute approximate surface area is 87.7 Å². The summed E-state index contributed by atoms with van der Waals surface area (Å²) in [5.41, 5.74) is 0. The molecule has 0 radical (unpaired) electrons. The molecule has 82 valence electrons. The zero-order chi connectivity index (χ0) is 10.7. The molecule has 0 aliphatic carbocycles. The normalized spacial score (nSPS) is 33.6. The summed E-state index contributed by atoms with van der Waals surface area (Å²) in [6.07, 6.45) is 1.82. The summed E-state index contributed by atoms with van der Waals surface area (Å²) in [5, 5.41) is 0. The molecular formula is C12H23NO. The van der Waals surface area contributed by atoms with Gasteiger partial charge in [-0.25, -0.2) is 0 Å². The molecule has 1 fully saturated rings. The minimum Gasteiger partial charge on any atom is -0.298 e. The number of likely N-dealkylation sites (tertiary alicyclic amines) is 1. The lowest BCUT2D eigenvalue weighted by Gasteiger charge is -2.25. The van der Waals surface area contributed by atoms with Crippen molar-refractivity contribution in [1.29, 1.82) is 0 Å².